The fourth-order valence-corrected chi connectivity index (χ4v) is 2.03. The van der Waals surface area contributed by atoms with E-state index in [1.165, 1.54) is 12.8 Å². The molecule has 1 amide bonds. The summed E-state index contributed by atoms with van der Waals surface area (Å²) < 4.78 is 5.70. The maximum atomic E-state index is 11.5. The van der Waals surface area contributed by atoms with Crippen molar-refractivity contribution in [2.75, 3.05) is 7.05 Å². The van der Waals surface area contributed by atoms with Crippen molar-refractivity contribution in [1.82, 2.24) is 10.6 Å². The summed E-state index contributed by atoms with van der Waals surface area (Å²) in [7, 11) is 1.59. The molecule has 104 valence electrons. The Hall–Kier alpha value is -1.26. The van der Waals surface area contributed by atoms with Crippen molar-refractivity contribution in [3.05, 3.63) is 28.8 Å². The van der Waals surface area contributed by atoms with Crippen LogP contribution in [0.25, 0.3) is 0 Å². The first-order chi connectivity index (χ1) is 9.11. The Labute approximate surface area is 118 Å². The highest BCUT2D eigenvalue weighted by Crippen LogP contribution is 2.28. The topological polar surface area (TPSA) is 50.4 Å². The highest BCUT2D eigenvalue weighted by atomic mass is 35.5. The number of benzene rings is 1. The van der Waals surface area contributed by atoms with E-state index < -0.39 is 6.10 Å². The van der Waals surface area contributed by atoms with Gasteiger partial charge in [0.05, 0.1) is 0 Å². The molecule has 0 aliphatic heterocycles. The summed E-state index contributed by atoms with van der Waals surface area (Å²) in [4.78, 5) is 11.5. The van der Waals surface area contributed by atoms with Gasteiger partial charge in [-0.3, -0.25) is 4.79 Å². The Kier molecular flexibility index (Phi) is 4.66. The molecule has 1 aliphatic carbocycles. The first kappa shape index (κ1) is 14.2. The second-order valence-electron chi connectivity index (χ2n) is 4.75. The van der Waals surface area contributed by atoms with Crippen LogP contribution in [0.3, 0.4) is 0 Å². The molecule has 1 unspecified atom stereocenters. The predicted octanol–water partition coefficient (Wildman–Crippen LogP) is 2.11. The zero-order chi connectivity index (χ0) is 13.8. The van der Waals surface area contributed by atoms with E-state index >= 15 is 0 Å². The van der Waals surface area contributed by atoms with Crippen molar-refractivity contribution < 1.29 is 9.53 Å². The van der Waals surface area contributed by atoms with Crippen LogP contribution in [0.2, 0.25) is 5.02 Å². The molecule has 1 aromatic rings. The molecule has 0 saturated heterocycles. The molecule has 0 heterocycles. The van der Waals surface area contributed by atoms with E-state index in [1.807, 2.05) is 18.2 Å². The molecular weight excluding hydrogens is 264 g/mol. The maximum absolute atomic E-state index is 11.5. The van der Waals surface area contributed by atoms with Gasteiger partial charge in [-0.2, -0.15) is 0 Å². The monoisotopic (exact) mass is 282 g/mol. The number of carbonyl (C=O) groups excluding carboxylic acids is 1. The molecular formula is C14H19ClN2O2. The number of hydrogen-bond acceptors (Lipinski definition) is 3. The Morgan fingerprint density at radius 2 is 2.26 bits per heavy atom. The summed E-state index contributed by atoms with van der Waals surface area (Å²) in [5.41, 5.74) is 0.909. The molecule has 1 fully saturated rings. The van der Waals surface area contributed by atoms with Gasteiger partial charge in [0.1, 0.15) is 5.75 Å². The largest absolute Gasteiger partial charge is 0.481 e. The summed E-state index contributed by atoms with van der Waals surface area (Å²) in [5, 5.41) is 6.63. The first-order valence-electron chi connectivity index (χ1n) is 6.51. The lowest BCUT2D eigenvalue weighted by Crippen LogP contribution is -2.34. The number of halogens is 1. The number of likely N-dealkylation sites (N-methyl/N-ethyl adjacent to an activating group) is 1. The van der Waals surface area contributed by atoms with Crippen LogP contribution in [-0.2, 0) is 11.3 Å². The molecule has 1 saturated carbocycles. The Bertz CT molecular complexity index is 461. The van der Waals surface area contributed by atoms with Gasteiger partial charge in [0, 0.05) is 30.2 Å². The first-order valence-corrected chi connectivity index (χ1v) is 6.88. The standard InChI is InChI=1S/C14H19ClN2O2/c1-9(14(18)16-2)19-13-5-3-4-12(15)11(13)8-17-10-6-7-10/h3-5,9-10,17H,6-8H2,1-2H3,(H,16,18). The van der Waals surface area contributed by atoms with Gasteiger partial charge in [0.25, 0.3) is 5.91 Å². The number of hydrogen-bond donors (Lipinski definition) is 2. The third-order valence-corrected chi connectivity index (χ3v) is 3.49. The molecule has 0 spiro atoms. The summed E-state index contributed by atoms with van der Waals surface area (Å²) in [5.74, 6) is 0.512. The number of rotatable bonds is 6. The van der Waals surface area contributed by atoms with Gasteiger partial charge >= 0.3 is 0 Å². The van der Waals surface area contributed by atoms with Crippen LogP contribution < -0.4 is 15.4 Å². The Morgan fingerprint density at radius 3 is 2.89 bits per heavy atom. The highest BCUT2D eigenvalue weighted by molar-refractivity contribution is 6.31. The molecule has 2 rings (SSSR count). The number of ether oxygens (including phenoxy) is 1. The smallest absolute Gasteiger partial charge is 0.260 e. The van der Waals surface area contributed by atoms with Gasteiger partial charge in [-0.05, 0) is 31.9 Å². The molecule has 2 N–H and O–H groups in total. The van der Waals surface area contributed by atoms with E-state index in [-0.39, 0.29) is 5.91 Å². The van der Waals surface area contributed by atoms with Crippen molar-refractivity contribution in [2.24, 2.45) is 0 Å². The van der Waals surface area contributed by atoms with Crippen LogP contribution in [0.4, 0.5) is 0 Å². The fraction of sp³-hybridized carbons (Fsp3) is 0.500. The quantitative estimate of drug-likeness (QED) is 0.840. The number of carbonyl (C=O) groups is 1. The molecule has 19 heavy (non-hydrogen) atoms. The van der Waals surface area contributed by atoms with E-state index in [2.05, 4.69) is 10.6 Å². The summed E-state index contributed by atoms with van der Waals surface area (Å²) >= 11 is 6.21. The molecule has 1 aliphatic rings. The van der Waals surface area contributed by atoms with Gasteiger partial charge in [-0.25, -0.2) is 0 Å². The van der Waals surface area contributed by atoms with Gasteiger partial charge in [0.2, 0.25) is 0 Å². The zero-order valence-electron chi connectivity index (χ0n) is 11.2. The highest BCUT2D eigenvalue weighted by Gasteiger charge is 2.22. The van der Waals surface area contributed by atoms with Crippen LogP contribution in [0.1, 0.15) is 25.3 Å². The van der Waals surface area contributed by atoms with Crippen molar-refractivity contribution in [2.45, 2.75) is 38.5 Å². The van der Waals surface area contributed by atoms with E-state index in [0.29, 0.717) is 23.4 Å². The molecule has 1 aromatic carbocycles. The third-order valence-electron chi connectivity index (χ3n) is 3.14. The van der Waals surface area contributed by atoms with Crippen molar-refractivity contribution in [3.8, 4) is 5.75 Å². The number of nitrogens with one attached hydrogen (secondary N) is 2. The zero-order valence-corrected chi connectivity index (χ0v) is 12.0. The van der Waals surface area contributed by atoms with Crippen LogP contribution in [0.5, 0.6) is 5.75 Å². The normalized spacial score (nSPS) is 15.9. The van der Waals surface area contributed by atoms with Crippen LogP contribution >= 0.6 is 11.6 Å². The lowest BCUT2D eigenvalue weighted by atomic mass is 10.2. The third kappa shape index (κ3) is 3.85. The average molecular weight is 283 g/mol. The van der Waals surface area contributed by atoms with E-state index in [1.54, 1.807) is 14.0 Å². The van der Waals surface area contributed by atoms with Crippen molar-refractivity contribution >= 4 is 17.5 Å². The van der Waals surface area contributed by atoms with Gasteiger partial charge in [-0.15, -0.1) is 0 Å². The second kappa shape index (κ2) is 6.26. The summed E-state index contributed by atoms with van der Waals surface area (Å²) in [6.07, 6.45) is 1.90. The van der Waals surface area contributed by atoms with Crippen molar-refractivity contribution in [1.29, 1.82) is 0 Å². The van der Waals surface area contributed by atoms with Crippen LogP contribution in [0, 0.1) is 0 Å². The molecule has 0 radical (unpaired) electrons. The number of amides is 1. The minimum Gasteiger partial charge on any atom is -0.481 e. The van der Waals surface area contributed by atoms with Gasteiger partial charge in [0.15, 0.2) is 6.10 Å². The molecule has 0 aromatic heterocycles. The second-order valence-corrected chi connectivity index (χ2v) is 5.15. The minimum atomic E-state index is -0.539. The van der Waals surface area contributed by atoms with Gasteiger partial charge in [-0.1, -0.05) is 17.7 Å². The summed E-state index contributed by atoms with van der Waals surface area (Å²) in [6, 6.07) is 6.10. The van der Waals surface area contributed by atoms with Crippen LogP contribution in [0.15, 0.2) is 18.2 Å². The average Bonchev–Trinajstić information content (AvgIpc) is 3.21. The molecule has 1 atom stereocenters. The maximum Gasteiger partial charge on any atom is 0.260 e. The lowest BCUT2D eigenvalue weighted by molar-refractivity contribution is -0.126. The molecule has 5 heteroatoms. The minimum absolute atomic E-state index is 0.152. The van der Waals surface area contributed by atoms with E-state index in [4.69, 9.17) is 16.3 Å². The van der Waals surface area contributed by atoms with E-state index in [0.717, 1.165) is 5.56 Å². The SMILES string of the molecule is CNC(=O)C(C)Oc1cccc(Cl)c1CNC1CC1. The fourth-order valence-electron chi connectivity index (χ4n) is 1.80. The summed E-state index contributed by atoms with van der Waals surface area (Å²) in [6.45, 7) is 2.39. The predicted molar refractivity (Wildman–Crippen MR) is 75.5 cm³/mol. The van der Waals surface area contributed by atoms with Crippen LogP contribution in [-0.4, -0.2) is 25.1 Å². The van der Waals surface area contributed by atoms with Crippen molar-refractivity contribution in [3.63, 3.8) is 0 Å². The lowest BCUT2D eigenvalue weighted by Gasteiger charge is -2.17. The van der Waals surface area contributed by atoms with Gasteiger partial charge < -0.3 is 15.4 Å². The Morgan fingerprint density at radius 1 is 1.53 bits per heavy atom. The Balaban J connectivity index is 2.08. The molecule has 0 bridgehead atoms. The molecule has 4 nitrogen and oxygen atoms in total. The van der Waals surface area contributed by atoms with E-state index in [9.17, 15) is 4.79 Å².